The van der Waals surface area contributed by atoms with E-state index < -0.39 is 22.7 Å². The highest BCUT2D eigenvalue weighted by molar-refractivity contribution is 7.21. The Bertz CT molecular complexity index is 1600. The van der Waals surface area contributed by atoms with Gasteiger partial charge in [0.1, 0.15) is 21.1 Å². The average molecular weight is 584 g/mol. The van der Waals surface area contributed by atoms with Gasteiger partial charge in [0.2, 0.25) is 5.91 Å². The van der Waals surface area contributed by atoms with E-state index in [1.165, 1.54) is 11.3 Å². The zero-order valence-corrected chi connectivity index (χ0v) is 25.9. The summed E-state index contributed by atoms with van der Waals surface area (Å²) in [7, 11) is 1.61. The highest BCUT2D eigenvalue weighted by atomic mass is 32.1. The number of aliphatic hydroxyl groups is 1. The van der Waals surface area contributed by atoms with Gasteiger partial charge in [0.25, 0.3) is 5.56 Å². The molecule has 4 aromatic rings. The molecular formula is C30H41N5O5S. The molecule has 3 aromatic heterocycles. The van der Waals surface area contributed by atoms with Gasteiger partial charge in [-0.3, -0.25) is 14.2 Å². The van der Waals surface area contributed by atoms with E-state index in [9.17, 15) is 14.4 Å². The lowest BCUT2D eigenvalue weighted by Gasteiger charge is -2.27. The molecule has 0 aliphatic carbocycles. The second-order valence-corrected chi connectivity index (χ2v) is 12.0. The Morgan fingerprint density at radius 3 is 2.37 bits per heavy atom. The Labute approximate surface area is 244 Å². The van der Waals surface area contributed by atoms with Crippen LogP contribution in [0.4, 0.5) is 0 Å². The number of para-hydroxylation sites is 1. The number of benzene rings is 1. The van der Waals surface area contributed by atoms with Gasteiger partial charge in [-0.25, -0.2) is 14.0 Å². The van der Waals surface area contributed by atoms with Gasteiger partial charge in [-0.2, -0.15) is 5.10 Å². The van der Waals surface area contributed by atoms with E-state index in [4.69, 9.17) is 9.84 Å². The van der Waals surface area contributed by atoms with Crippen LogP contribution in [-0.4, -0.2) is 49.7 Å². The maximum atomic E-state index is 13.9. The summed E-state index contributed by atoms with van der Waals surface area (Å²) >= 11 is 1.34. The van der Waals surface area contributed by atoms with E-state index in [2.05, 4.69) is 10.4 Å². The number of thiophene rings is 1. The van der Waals surface area contributed by atoms with Crippen molar-refractivity contribution in [2.45, 2.75) is 73.0 Å². The van der Waals surface area contributed by atoms with Crippen LogP contribution >= 0.6 is 11.3 Å². The molecule has 0 fully saturated rings. The van der Waals surface area contributed by atoms with Crippen LogP contribution in [0.1, 0.15) is 52.7 Å². The van der Waals surface area contributed by atoms with Crippen molar-refractivity contribution >= 4 is 27.5 Å². The fourth-order valence-electron chi connectivity index (χ4n) is 4.31. The molecule has 41 heavy (non-hydrogen) atoms. The molecule has 222 valence electrons. The van der Waals surface area contributed by atoms with Gasteiger partial charge in [0, 0.05) is 37.2 Å². The molecule has 0 saturated carbocycles. The number of rotatable bonds is 9. The number of hydrogen-bond donors (Lipinski definition) is 2. The van der Waals surface area contributed by atoms with Crippen LogP contribution in [0.25, 0.3) is 15.2 Å². The van der Waals surface area contributed by atoms with Crippen LogP contribution in [0.5, 0.6) is 5.75 Å². The number of aromatic nitrogens is 4. The number of nitrogens with one attached hydrogen (secondary N) is 1. The lowest BCUT2D eigenvalue weighted by Crippen LogP contribution is -2.56. The SMILES string of the molecule is CC(C)CO.COc1ccccc1CCn1c(=O)n(C(C)(C)C(=O)NC(C)C)c(=O)c2c(C)c(-n3cccn3)sc21. The summed E-state index contributed by atoms with van der Waals surface area (Å²) in [6.45, 7) is 13.3. The molecule has 0 unspecified atom stereocenters. The van der Waals surface area contributed by atoms with Crippen molar-refractivity contribution in [3.63, 3.8) is 0 Å². The number of aliphatic hydroxyl groups excluding tert-OH is 1. The van der Waals surface area contributed by atoms with Gasteiger partial charge in [-0.15, -0.1) is 0 Å². The van der Waals surface area contributed by atoms with E-state index >= 15 is 0 Å². The first-order valence-corrected chi connectivity index (χ1v) is 14.5. The van der Waals surface area contributed by atoms with Crippen molar-refractivity contribution in [1.29, 1.82) is 0 Å². The minimum atomic E-state index is -1.40. The normalized spacial score (nSPS) is 11.6. The van der Waals surface area contributed by atoms with Gasteiger partial charge in [-0.05, 0) is 64.7 Å². The fraction of sp³-hybridized carbons (Fsp3) is 0.467. The van der Waals surface area contributed by atoms with Crippen molar-refractivity contribution in [3.05, 3.63) is 74.7 Å². The average Bonchev–Trinajstić information content (AvgIpc) is 3.56. The number of nitrogens with zero attached hydrogens (tertiary/aromatic N) is 4. The molecule has 0 atom stereocenters. The van der Waals surface area contributed by atoms with Crippen LogP contribution in [0.15, 0.2) is 52.3 Å². The first-order valence-electron chi connectivity index (χ1n) is 13.7. The van der Waals surface area contributed by atoms with Gasteiger partial charge in [-0.1, -0.05) is 43.4 Å². The van der Waals surface area contributed by atoms with Crippen molar-refractivity contribution in [2.75, 3.05) is 13.7 Å². The predicted molar refractivity (Wildman–Crippen MR) is 163 cm³/mol. The van der Waals surface area contributed by atoms with Crippen LogP contribution in [0.2, 0.25) is 0 Å². The van der Waals surface area contributed by atoms with Crippen molar-refractivity contribution in [2.24, 2.45) is 5.92 Å². The summed E-state index contributed by atoms with van der Waals surface area (Å²) < 4.78 is 9.86. The standard InChI is InChI=1S/C26H31N5O4S.C4H10O/c1-16(2)28-24(33)26(4,5)31-21(32)20-17(3)22(30-14-9-13-27-30)36-23(20)29(25(31)34)15-12-18-10-7-8-11-19(18)35-6;1-4(2)3-5/h7-11,13-14,16H,12,15H2,1-6H3,(H,28,33);4-5H,3H2,1-2H3. The van der Waals surface area contributed by atoms with E-state index in [0.29, 0.717) is 41.3 Å². The maximum absolute atomic E-state index is 13.9. The third kappa shape index (κ3) is 6.79. The van der Waals surface area contributed by atoms with Gasteiger partial charge in [0.15, 0.2) is 0 Å². The van der Waals surface area contributed by atoms with Gasteiger partial charge < -0.3 is 15.2 Å². The maximum Gasteiger partial charge on any atom is 0.333 e. The molecule has 4 rings (SSSR count). The zero-order valence-electron chi connectivity index (χ0n) is 25.1. The highest BCUT2D eigenvalue weighted by Gasteiger charge is 2.35. The van der Waals surface area contributed by atoms with Crippen LogP contribution < -0.4 is 21.3 Å². The number of fused-ring (bicyclic) bond motifs is 1. The van der Waals surface area contributed by atoms with E-state index in [1.807, 2.05) is 58.9 Å². The Hall–Kier alpha value is -3.70. The van der Waals surface area contributed by atoms with Crippen LogP contribution in [0, 0.1) is 12.8 Å². The molecule has 11 heteroatoms. The number of carbonyl (C=O) groups excluding carboxylic acids is 1. The molecule has 0 bridgehead atoms. The molecule has 3 heterocycles. The molecular weight excluding hydrogens is 542 g/mol. The summed E-state index contributed by atoms with van der Waals surface area (Å²) in [4.78, 5) is 41.4. The Morgan fingerprint density at radius 2 is 1.80 bits per heavy atom. The highest BCUT2D eigenvalue weighted by Crippen LogP contribution is 2.31. The van der Waals surface area contributed by atoms with E-state index in [1.54, 1.807) is 48.7 Å². The molecule has 0 radical (unpaired) electrons. The summed E-state index contributed by atoms with van der Waals surface area (Å²) in [5.74, 6) is 0.772. The van der Waals surface area contributed by atoms with Gasteiger partial charge in [0.05, 0.1) is 12.5 Å². The van der Waals surface area contributed by atoms with E-state index in [0.717, 1.165) is 20.9 Å². The Balaban J connectivity index is 0.000000850. The third-order valence-corrected chi connectivity index (χ3v) is 7.90. The molecule has 0 saturated heterocycles. The van der Waals surface area contributed by atoms with E-state index in [-0.39, 0.29) is 6.04 Å². The number of hydrogen-bond acceptors (Lipinski definition) is 7. The lowest BCUT2D eigenvalue weighted by molar-refractivity contribution is -0.129. The topological polar surface area (TPSA) is 120 Å². The van der Waals surface area contributed by atoms with Crippen LogP contribution in [0.3, 0.4) is 0 Å². The smallest absolute Gasteiger partial charge is 0.333 e. The molecule has 0 aliphatic heterocycles. The number of methoxy groups -OCH3 is 1. The minimum absolute atomic E-state index is 0.140. The quantitative estimate of drug-likeness (QED) is 0.309. The third-order valence-electron chi connectivity index (χ3n) is 6.60. The molecule has 1 aromatic carbocycles. The minimum Gasteiger partial charge on any atom is -0.496 e. The van der Waals surface area contributed by atoms with Crippen molar-refractivity contribution in [3.8, 4) is 10.8 Å². The van der Waals surface area contributed by atoms with Crippen LogP contribution in [-0.2, 0) is 23.3 Å². The Kier molecular flexibility index (Phi) is 10.3. The predicted octanol–water partition coefficient (Wildman–Crippen LogP) is 3.86. The summed E-state index contributed by atoms with van der Waals surface area (Å²) in [6.07, 6.45) is 3.97. The number of ether oxygens (including phenoxy) is 1. The molecule has 2 N–H and O–H groups in total. The summed E-state index contributed by atoms with van der Waals surface area (Å²) in [6, 6.07) is 9.29. The number of amides is 1. The number of carbonyl (C=O) groups is 1. The summed E-state index contributed by atoms with van der Waals surface area (Å²) in [5.41, 5.74) is -0.767. The van der Waals surface area contributed by atoms with Crippen molar-refractivity contribution < 1.29 is 14.6 Å². The fourth-order valence-corrected chi connectivity index (χ4v) is 5.58. The second-order valence-electron chi connectivity index (χ2n) is 11.1. The second kappa shape index (κ2) is 13.3. The molecule has 10 nitrogen and oxygen atoms in total. The van der Waals surface area contributed by atoms with Crippen molar-refractivity contribution in [1.82, 2.24) is 24.2 Å². The largest absolute Gasteiger partial charge is 0.496 e. The zero-order chi connectivity index (χ0) is 30.5. The van der Waals surface area contributed by atoms with Gasteiger partial charge >= 0.3 is 5.69 Å². The lowest BCUT2D eigenvalue weighted by atomic mass is 10.0. The first kappa shape index (κ1) is 31.8. The summed E-state index contributed by atoms with van der Waals surface area (Å²) in [5, 5.41) is 16.5. The molecule has 0 aliphatic rings. The number of aryl methyl sites for hydroxylation is 3. The Morgan fingerprint density at radius 1 is 1.15 bits per heavy atom. The monoisotopic (exact) mass is 583 g/mol. The first-order chi connectivity index (χ1) is 19.3. The molecule has 1 amide bonds. The molecule has 0 spiro atoms.